The maximum atomic E-state index is 11.2. The lowest BCUT2D eigenvalue weighted by molar-refractivity contribution is -0.143. The summed E-state index contributed by atoms with van der Waals surface area (Å²) in [4.78, 5) is 11.2. The quantitative estimate of drug-likeness (QED) is 0.782. The summed E-state index contributed by atoms with van der Waals surface area (Å²) in [5.74, 6) is 0.693. The number of esters is 1. The highest BCUT2D eigenvalue weighted by Gasteiger charge is 2.05. The van der Waals surface area contributed by atoms with Gasteiger partial charge in [0, 0.05) is 13.0 Å². The van der Waals surface area contributed by atoms with Crippen molar-refractivity contribution in [1.82, 2.24) is 0 Å². The predicted molar refractivity (Wildman–Crippen MR) is 77.9 cm³/mol. The second kappa shape index (κ2) is 9.64. The molecule has 0 aliphatic carbocycles. The Morgan fingerprint density at radius 3 is 2.68 bits per heavy atom. The third-order valence-electron chi connectivity index (χ3n) is 2.54. The molecule has 0 aliphatic heterocycles. The van der Waals surface area contributed by atoms with Gasteiger partial charge >= 0.3 is 5.97 Å². The van der Waals surface area contributed by atoms with Gasteiger partial charge in [-0.15, -0.1) is 12.4 Å². The summed E-state index contributed by atoms with van der Waals surface area (Å²) in [5.41, 5.74) is 7.56. The van der Waals surface area contributed by atoms with Crippen molar-refractivity contribution >= 4 is 18.4 Å². The smallest absolute Gasteiger partial charge is 0.306 e. The average Bonchev–Trinajstić information content (AvgIpc) is 2.35. The van der Waals surface area contributed by atoms with Crippen molar-refractivity contribution < 1.29 is 14.3 Å². The number of halogens is 1. The first-order chi connectivity index (χ1) is 8.67. The van der Waals surface area contributed by atoms with Crippen LogP contribution in [-0.4, -0.2) is 25.7 Å². The molecule has 2 N–H and O–H groups in total. The Bertz CT molecular complexity index is 396. The summed E-state index contributed by atoms with van der Waals surface area (Å²) in [5, 5.41) is 0. The number of benzene rings is 1. The highest BCUT2D eigenvalue weighted by atomic mass is 35.5. The van der Waals surface area contributed by atoms with Gasteiger partial charge in [-0.25, -0.2) is 0 Å². The van der Waals surface area contributed by atoms with Crippen molar-refractivity contribution in [2.45, 2.75) is 26.7 Å². The molecule has 0 atom stereocenters. The normalized spacial score (nSPS) is 9.63. The van der Waals surface area contributed by atoms with E-state index in [4.69, 9.17) is 15.2 Å². The zero-order valence-electron chi connectivity index (χ0n) is 11.5. The van der Waals surface area contributed by atoms with Crippen molar-refractivity contribution in [1.29, 1.82) is 0 Å². The van der Waals surface area contributed by atoms with Gasteiger partial charge in [0.1, 0.15) is 12.4 Å². The second-order valence-corrected chi connectivity index (χ2v) is 4.04. The molecule has 5 heteroatoms. The van der Waals surface area contributed by atoms with E-state index >= 15 is 0 Å². The molecule has 0 spiro atoms. The fourth-order valence-electron chi connectivity index (χ4n) is 1.68. The molecular formula is C14H22ClNO3. The number of aryl methyl sites for hydroxylation is 2. The molecule has 0 saturated carbocycles. The Morgan fingerprint density at radius 1 is 1.37 bits per heavy atom. The lowest BCUT2D eigenvalue weighted by Crippen LogP contribution is -2.11. The summed E-state index contributed by atoms with van der Waals surface area (Å²) in [6.45, 7) is 5.25. The van der Waals surface area contributed by atoms with E-state index in [0.29, 0.717) is 32.6 Å². The standard InChI is InChI=1S/C14H21NO3.ClH/c1-3-17-14(16)7-5-12-4-6-13(11(2)10-12)18-9-8-15;/h4,6,10H,3,5,7-9,15H2,1-2H3;1H. The van der Waals surface area contributed by atoms with Gasteiger partial charge in [-0.3, -0.25) is 4.79 Å². The highest BCUT2D eigenvalue weighted by Crippen LogP contribution is 2.19. The Balaban J connectivity index is 0.00000324. The van der Waals surface area contributed by atoms with Gasteiger partial charge in [-0.05, 0) is 37.5 Å². The van der Waals surface area contributed by atoms with Gasteiger partial charge in [0.25, 0.3) is 0 Å². The summed E-state index contributed by atoms with van der Waals surface area (Å²) in [6, 6.07) is 5.93. The van der Waals surface area contributed by atoms with Crippen LogP contribution in [0.5, 0.6) is 5.75 Å². The SMILES string of the molecule is CCOC(=O)CCc1ccc(OCCN)c(C)c1.Cl. The minimum absolute atomic E-state index is 0. The lowest BCUT2D eigenvalue weighted by atomic mass is 10.1. The van der Waals surface area contributed by atoms with E-state index < -0.39 is 0 Å². The van der Waals surface area contributed by atoms with Crippen LogP contribution in [-0.2, 0) is 16.0 Å². The third kappa shape index (κ3) is 6.45. The first-order valence-electron chi connectivity index (χ1n) is 6.25. The first kappa shape index (κ1) is 17.7. The van der Waals surface area contributed by atoms with Gasteiger partial charge < -0.3 is 15.2 Å². The third-order valence-corrected chi connectivity index (χ3v) is 2.54. The largest absolute Gasteiger partial charge is 0.492 e. The maximum Gasteiger partial charge on any atom is 0.306 e. The molecule has 0 unspecified atom stereocenters. The Kier molecular flexibility index (Phi) is 9.00. The van der Waals surface area contributed by atoms with Crippen LogP contribution in [0.15, 0.2) is 18.2 Å². The molecule has 1 aromatic carbocycles. The van der Waals surface area contributed by atoms with Crippen LogP contribution in [0.2, 0.25) is 0 Å². The molecule has 0 saturated heterocycles. The van der Waals surface area contributed by atoms with Crippen molar-refractivity contribution in [3.8, 4) is 5.75 Å². The van der Waals surface area contributed by atoms with Gasteiger partial charge in [0.15, 0.2) is 0 Å². The van der Waals surface area contributed by atoms with Gasteiger partial charge in [0.05, 0.1) is 6.61 Å². The molecule has 0 fully saturated rings. The molecule has 0 radical (unpaired) electrons. The van der Waals surface area contributed by atoms with Crippen molar-refractivity contribution in [2.75, 3.05) is 19.8 Å². The summed E-state index contributed by atoms with van der Waals surface area (Å²) in [7, 11) is 0. The Hall–Kier alpha value is -1.26. The molecule has 0 heterocycles. The molecule has 19 heavy (non-hydrogen) atoms. The molecule has 1 rings (SSSR count). The summed E-state index contributed by atoms with van der Waals surface area (Å²) in [6.07, 6.45) is 1.10. The highest BCUT2D eigenvalue weighted by molar-refractivity contribution is 5.85. The Labute approximate surface area is 120 Å². The summed E-state index contributed by atoms with van der Waals surface area (Å²) >= 11 is 0. The molecule has 0 aliphatic rings. The van der Waals surface area contributed by atoms with Gasteiger partial charge in [-0.2, -0.15) is 0 Å². The van der Waals surface area contributed by atoms with Crippen LogP contribution >= 0.6 is 12.4 Å². The average molecular weight is 288 g/mol. The lowest BCUT2D eigenvalue weighted by Gasteiger charge is -2.09. The fraction of sp³-hybridized carbons (Fsp3) is 0.500. The van der Waals surface area contributed by atoms with Gasteiger partial charge in [0.2, 0.25) is 0 Å². The first-order valence-corrected chi connectivity index (χ1v) is 6.25. The van der Waals surface area contributed by atoms with Crippen LogP contribution in [0, 0.1) is 6.92 Å². The second-order valence-electron chi connectivity index (χ2n) is 4.04. The van der Waals surface area contributed by atoms with Crippen LogP contribution in [0.1, 0.15) is 24.5 Å². The number of hydrogen-bond acceptors (Lipinski definition) is 4. The number of ether oxygens (including phenoxy) is 2. The minimum Gasteiger partial charge on any atom is -0.492 e. The zero-order valence-corrected chi connectivity index (χ0v) is 12.3. The molecule has 0 aromatic heterocycles. The number of carbonyl (C=O) groups excluding carboxylic acids is 1. The van der Waals surface area contributed by atoms with E-state index in [9.17, 15) is 4.79 Å². The van der Waals surface area contributed by atoms with Crippen molar-refractivity contribution in [3.63, 3.8) is 0 Å². The van der Waals surface area contributed by atoms with Crippen LogP contribution < -0.4 is 10.5 Å². The van der Waals surface area contributed by atoms with Crippen LogP contribution in [0.4, 0.5) is 0 Å². The topological polar surface area (TPSA) is 61.5 Å². The number of hydrogen-bond donors (Lipinski definition) is 1. The molecule has 0 bridgehead atoms. The number of rotatable bonds is 7. The molecule has 4 nitrogen and oxygen atoms in total. The van der Waals surface area contributed by atoms with E-state index in [1.54, 1.807) is 0 Å². The van der Waals surface area contributed by atoms with E-state index in [0.717, 1.165) is 16.9 Å². The van der Waals surface area contributed by atoms with E-state index in [1.165, 1.54) is 0 Å². The maximum absolute atomic E-state index is 11.2. The van der Waals surface area contributed by atoms with Crippen molar-refractivity contribution in [2.24, 2.45) is 5.73 Å². The molecule has 1 aromatic rings. The summed E-state index contributed by atoms with van der Waals surface area (Å²) < 4.78 is 10.4. The molecule has 0 amide bonds. The minimum atomic E-state index is -0.154. The van der Waals surface area contributed by atoms with E-state index in [-0.39, 0.29) is 18.4 Å². The zero-order chi connectivity index (χ0) is 13.4. The Morgan fingerprint density at radius 2 is 2.11 bits per heavy atom. The molecule has 108 valence electrons. The predicted octanol–water partition coefficient (Wildman–Crippen LogP) is 2.25. The van der Waals surface area contributed by atoms with E-state index in [1.807, 2.05) is 32.0 Å². The monoisotopic (exact) mass is 287 g/mol. The molecular weight excluding hydrogens is 266 g/mol. The van der Waals surface area contributed by atoms with Crippen molar-refractivity contribution in [3.05, 3.63) is 29.3 Å². The van der Waals surface area contributed by atoms with Crippen LogP contribution in [0.25, 0.3) is 0 Å². The number of nitrogens with two attached hydrogens (primary N) is 1. The van der Waals surface area contributed by atoms with Crippen LogP contribution in [0.3, 0.4) is 0 Å². The fourth-order valence-corrected chi connectivity index (χ4v) is 1.68. The van der Waals surface area contributed by atoms with Gasteiger partial charge in [-0.1, -0.05) is 12.1 Å². The van der Waals surface area contributed by atoms with E-state index in [2.05, 4.69) is 0 Å². The number of carbonyl (C=O) groups is 1.